The Morgan fingerprint density at radius 3 is 1.73 bits per heavy atom. The Bertz CT molecular complexity index is 1440. The minimum Gasteiger partial charge on any atom is -0.0649 e. The number of benzene rings is 4. The molecular weight excluding hydrogens is 444 g/mol. The van der Waals surface area contributed by atoms with E-state index in [1.54, 1.807) is 0 Å². The first-order valence-electron chi connectivity index (χ1n) is 14.0. The van der Waals surface area contributed by atoms with Gasteiger partial charge in [-0.05, 0) is 92.2 Å². The lowest BCUT2D eigenvalue weighted by Crippen LogP contribution is -2.22. The molecule has 0 spiro atoms. The van der Waals surface area contributed by atoms with Crippen LogP contribution in [0.25, 0.3) is 22.3 Å². The summed E-state index contributed by atoms with van der Waals surface area (Å²) >= 11 is 0. The molecule has 0 radical (unpaired) electrons. The summed E-state index contributed by atoms with van der Waals surface area (Å²) in [5, 5.41) is 0. The Labute approximate surface area is 223 Å². The molecule has 0 fully saturated rings. The topological polar surface area (TPSA) is 0 Å². The summed E-state index contributed by atoms with van der Waals surface area (Å²) < 4.78 is 0. The van der Waals surface area contributed by atoms with Crippen LogP contribution in [0, 0.1) is 10.8 Å². The highest BCUT2D eigenvalue weighted by Crippen LogP contribution is 2.51. The zero-order valence-electron chi connectivity index (χ0n) is 22.8. The molecule has 2 aliphatic rings. The maximum absolute atomic E-state index is 2.51. The van der Waals surface area contributed by atoms with Gasteiger partial charge in [-0.25, -0.2) is 0 Å². The summed E-state index contributed by atoms with van der Waals surface area (Å²) in [7, 11) is 0. The zero-order valence-corrected chi connectivity index (χ0v) is 22.8. The van der Waals surface area contributed by atoms with E-state index in [0.29, 0.717) is 5.41 Å². The Morgan fingerprint density at radius 2 is 1.14 bits per heavy atom. The van der Waals surface area contributed by atoms with Crippen molar-refractivity contribution >= 4 is 11.1 Å². The van der Waals surface area contributed by atoms with E-state index in [-0.39, 0.29) is 5.41 Å². The van der Waals surface area contributed by atoms with Crippen molar-refractivity contribution in [1.82, 2.24) is 0 Å². The van der Waals surface area contributed by atoms with E-state index < -0.39 is 0 Å². The average molecular weight is 483 g/mol. The monoisotopic (exact) mass is 482 g/mol. The number of hydrogen-bond acceptors (Lipinski definition) is 0. The third-order valence-electron chi connectivity index (χ3n) is 9.03. The van der Waals surface area contributed by atoms with Gasteiger partial charge in [-0.15, -0.1) is 0 Å². The first kappa shape index (κ1) is 24.0. The minimum absolute atomic E-state index is 0.256. The van der Waals surface area contributed by atoms with Crippen molar-refractivity contribution in [3.63, 3.8) is 0 Å². The summed E-state index contributed by atoms with van der Waals surface area (Å²) in [4.78, 5) is 0. The van der Waals surface area contributed by atoms with Crippen LogP contribution < -0.4 is 0 Å². The fourth-order valence-electron chi connectivity index (χ4n) is 6.67. The van der Waals surface area contributed by atoms with Gasteiger partial charge in [0.25, 0.3) is 0 Å². The van der Waals surface area contributed by atoms with Crippen LogP contribution in [0.3, 0.4) is 0 Å². The Hall–Kier alpha value is -3.38. The summed E-state index contributed by atoms with van der Waals surface area (Å²) in [6.07, 6.45) is 5.96. The summed E-state index contributed by atoms with van der Waals surface area (Å²) in [5.74, 6) is 0. The summed E-state index contributed by atoms with van der Waals surface area (Å²) in [6.45, 7) is 9.84. The van der Waals surface area contributed by atoms with Gasteiger partial charge in [-0.3, -0.25) is 0 Å². The van der Waals surface area contributed by atoms with Gasteiger partial charge < -0.3 is 0 Å². The van der Waals surface area contributed by atoms with Gasteiger partial charge in [-0.1, -0.05) is 131 Å². The molecule has 0 heterocycles. The lowest BCUT2D eigenvalue weighted by Gasteiger charge is -2.32. The van der Waals surface area contributed by atoms with E-state index >= 15 is 0 Å². The van der Waals surface area contributed by atoms with Crippen LogP contribution in [-0.4, -0.2) is 0 Å². The van der Waals surface area contributed by atoms with Crippen molar-refractivity contribution in [2.45, 2.75) is 59.8 Å². The first-order chi connectivity index (χ1) is 17.9. The molecular formula is C37H38. The Kier molecular flexibility index (Phi) is 5.95. The molecule has 0 saturated carbocycles. The average Bonchev–Trinajstić information content (AvgIpc) is 3.24. The van der Waals surface area contributed by atoms with Crippen molar-refractivity contribution < 1.29 is 0 Å². The highest BCUT2D eigenvalue weighted by Gasteiger charge is 2.34. The molecule has 2 aliphatic carbocycles. The highest BCUT2D eigenvalue weighted by atomic mass is 14.4. The lowest BCUT2D eigenvalue weighted by molar-refractivity contribution is 0.215. The minimum atomic E-state index is 0.256. The largest absolute Gasteiger partial charge is 0.0649 e. The third kappa shape index (κ3) is 4.27. The second kappa shape index (κ2) is 9.18. The molecule has 1 atom stereocenters. The van der Waals surface area contributed by atoms with Crippen LogP contribution in [0.4, 0.5) is 0 Å². The van der Waals surface area contributed by atoms with Gasteiger partial charge in [0.1, 0.15) is 0 Å². The van der Waals surface area contributed by atoms with Crippen molar-refractivity contribution in [2.75, 3.05) is 0 Å². The van der Waals surface area contributed by atoms with Gasteiger partial charge >= 0.3 is 0 Å². The smallest absolute Gasteiger partial charge is 0.00141 e. The van der Waals surface area contributed by atoms with E-state index in [2.05, 4.69) is 125 Å². The van der Waals surface area contributed by atoms with Gasteiger partial charge in [-0.2, -0.15) is 0 Å². The molecule has 0 N–H and O–H groups in total. The number of fused-ring (bicyclic) bond motifs is 5. The van der Waals surface area contributed by atoms with Gasteiger partial charge in [0.05, 0.1) is 0 Å². The standard InChI is InChI=1S/C37H38/c1-5-37(4)23-22-36(2,3)24-27-16-13-17-28(25-37)33(27)34(26-14-7-6-8-15-26)35-31-20-11-9-18-29(31)30-19-10-12-21-32(30)35/h6-21H,5,22-25H2,1-4H3. The molecule has 0 heteroatoms. The van der Waals surface area contributed by atoms with Crippen LogP contribution in [0.5, 0.6) is 0 Å². The third-order valence-corrected chi connectivity index (χ3v) is 9.03. The highest BCUT2D eigenvalue weighted by molar-refractivity contribution is 6.14. The lowest BCUT2D eigenvalue weighted by atomic mass is 9.73. The van der Waals surface area contributed by atoms with Gasteiger partial charge in [0, 0.05) is 0 Å². The molecule has 37 heavy (non-hydrogen) atoms. The van der Waals surface area contributed by atoms with Crippen molar-refractivity contribution in [3.05, 3.63) is 130 Å². The Balaban J connectivity index is 1.75. The van der Waals surface area contributed by atoms with E-state index in [1.807, 2.05) is 0 Å². The molecule has 2 bridgehead atoms. The predicted octanol–water partition coefficient (Wildman–Crippen LogP) is 10.00. The maximum atomic E-state index is 2.51. The van der Waals surface area contributed by atoms with Crippen molar-refractivity contribution in [1.29, 1.82) is 0 Å². The van der Waals surface area contributed by atoms with Gasteiger partial charge in [0.2, 0.25) is 0 Å². The van der Waals surface area contributed by atoms with Crippen LogP contribution in [-0.2, 0) is 12.8 Å². The quantitative estimate of drug-likeness (QED) is 0.240. The first-order valence-corrected chi connectivity index (χ1v) is 14.0. The SMILES string of the molecule is CCC1(C)CCC(C)(C)Cc2cccc(c2C(=C2c3ccccc3-c3ccccc32)c2ccccc2)C1. The van der Waals surface area contributed by atoms with Crippen LogP contribution >= 0.6 is 0 Å². The van der Waals surface area contributed by atoms with Crippen LogP contribution in [0.15, 0.2) is 97.1 Å². The molecule has 4 aromatic carbocycles. The van der Waals surface area contributed by atoms with Crippen LogP contribution in [0.1, 0.15) is 80.3 Å². The Morgan fingerprint density at radius 1 is 0.595 bits per heavy atom. The molecule has 0 amide bonds. The fraction of sp³-hybridized carbons (Fsp3) is 0.297. The fourth-order valence-corrected chi connectivity index (χ4v) is 6.67. The van der Waals surface area contributed by atoms with Gasteiger partial charge in [0.15, 0.2) is 0 Å². The zero-order chi connectivity index (χ0) is 25.6. The maximum Gasteiger partial charge on any atom is -0.00141 e. The predicted molar refractivity (Wildman–Crippen MR) is 159 cm³/mol. The molecule has 4 aromatic rings. The molecule has 1 unspecified atom stereocenters. The molecule has 0 aromatic heterocycles. The van der Waals surface area contributed by atoms with Crippen LogP contribution in [0.2, 0.25) is 0 Å². The number of rotatable bonds is 3. The summed E-state index contributed by atoms with van der Waals surface area (Å²) in [5.41, 5.74) is 14.6. The molecule has 0 aliphatic heterocycles. The van der Waals surface area contributed by atoms with Crippen molar-refractivity contribution in [3.8, 4) is 11.1 Å². The molecule has 186 valence electrons. The molecule has 0 saturated heterocycles. The van der Waals surface area contributed by atoms with Crippen molar-refractivity contribution in [2.24, 2.45) is 10.8 Å². The van der Waals surface area contributed by atoms with E-state index in [1.165, 1.54) is 74.9 Å². The molecule has 6 rings (SSSR count). The van der Waals surface area contributed by atoms with E-state index in [9.17, 15) is 0 Å². The summed E-state index contributed by atoms with van der Waals surface area (Å²) in [6, 6.07) is 36.3. The normalized spacial score (nSPS) is 19.8. The van der Waals surface area contributed by atoms with E-state index in [0.717, 1.165) is 12.8 Å². The second-order valence-electron chi connectivity index (χ2n) is 12.3. The van der Waals surface area contributed by atoms with E-state index in [4.69, 9.17) is 0 Å². The molecule has 0 nitrogen and oxygen atoms in total. The second-order valence-corrected chi connectivity index (χ2v) is 12.3. The number of hydrogen-bond donors (Lipinski definition) is 0.